The van der Waals surface area contributed by atoms with E-state index in [1.165, 1.54) is 11.3 Å². The summed E-state index contributed by atoms with van der Waals surface area (Å²) in [6.07, 6.45) is 0. The molecule has 7 heteroatoms. The molecule has 1 heterocycles. The van der Waals surface area contributed by atoms with Crippen molar-refractivity contribution >= 4 is 38.3 Å². The number of halogens is 1. The summed E-state index contributed by atoms with van der Waals surface area (Å²) in [7, 11) is 0. The summed E-state index contributed by atoms with van der Waals surface area (Å²) in [5.74, 6) is 0.896. The Morgan fingerprint density at radius 3 is 2.44 bits per heavy atom. The molecule has 2 aromatic carbocycles. The normalized spacial score (nSPS) is 10.5. The highest BCUT2D eigenvalue weighted by Crippen LogP contribution is 2.31. The minimum atomic E-state index is -0.266. The van der Waals surface area contributed by atoms with Crippen LogP contribution in [0.15, 0.2) is 53.0 Å². The summed E-state index contributed by atoms with van der Waals surface area (Å²) in [6.45, 7) is 4.30. The first-order chi connectivity index (χ1) is 13.1. The lowest BCUT2D eigenvalue weighted by atomic mass is 10.1. The summed E-state index contributed by atoms with van der Waals surface area (Å²) >= 11 is 4.87. The Labute approximate surface area is 170 Å². The van der Waals surface area contributed by atoms with Crippen molar-refractivity contribution in [3.63, 3.8) is 0 Å². The first-order valence-electron chi connectivity index (χ1n) is 8.44. The van der Waals surface area contributed by atoms with Gasteiger partial charge in [-0.05, 0) is 38.1 Å². The smallest absolute Gasteiger partial charge is 0.264 e. The molecule has 1 amide bonds. The Morgan fingerprint density at radius 2 is 1.78 bits per heavy atom. The van der Waals surface area contributed by atoms with Crippen LogP contribution in [0.2, 0.25) is 0 Å². The highest BCUT2D eigenvalue weighted by Gasteiger charge is 2.13. The molecule has 1 aromatic heterocycles. The standard InChI is InChI=1S/C20H19BrN2O3S/c1-3-25-16-6-4-5-7-17(16)26-12-18(24)22-20-23-19(13(2)27-20)14-8-10-15(21)11-9-14/h4-11H,3,12H2,1-2H3,(H,22,23,24). The molecule has 0 spiro atoms. The van der Waals surface area contributed by atoms with Gasteiger partial charge in [-0.15, -0.1) is 11.3 Å². The fourth-order valence-electron chi connectivity index (χ4n) is 2.47. The van der Waals surface area contributed by atoms with E-state index in [2.05, 4.69) is 26.2 Å². The number of hydrogen-bond donors (Lipinski definition) is 1. The summed E-state index contributed by atoms with van der Waals surface area (Å²) in [5.41, 5.74) is 1.87. The zero-order chi connectivity index (χ0) is 19.2. The predicted octanol–water partition coefficient (Wildman–Crippen LogP) is 5.30. The zero-order valence-corrected chi connectivity index (χ0v) is 17.4. The highest BCUT2D eigenvalue weighted by atomic mass is 79.9. The number of anilines is 1. The molecule has 0 bridgehead atoms. The van der Waals surface area contributed by atoms with Crippen LogP contribution in [0.1, 0.15) is 11.8 Å². The van der Waals surface area contributed by atoms with Gasteiger partial charge in [0.1, 0.15) is 0 Å². The van der Waals surface area contributed by atoms with Crippen molar-refractivity contribution in [3.05, 3.63) is 57.9 Å². The number of nitrogens with zero attached hydrogens (tertiary/aromatic N) is 1. The van der Waals surface area contributed by atoms with Crippen LogP contribution in [0, 0.1) is 6.92 Å². The van der Waals surface area contributed by atoms with Gasteiger partial charge in [-0.3, -0.25) is 10.1 Å². The fraction of sp³-hybridized carbons (Fsp3) is 0.200. The average Bonchev–Trinajstić information content (AvgIpc) is 3.02. The third-order valence-electron chi connectivity index (χ3n) is 3.67. The first kappa shape index (κ1) is 19.4. The Morgan fingerprint density at radius 1 is 1.11 bits per heavy atom. The van der Waals surface area contributed by atoms with Crippen molar-refractivity contribution in [2.24, 2.45) is 0 Å². The number of carbonyl (C=O) groups is 1. The molecule has 0 saturated carbocycles. The van der Waals surface area contributed by atoms with Gasteiger partial charge < -0.3 is 9.47 Å². The highest BCUT2D eigenvalue weighted by molar-refractivity contribution is 9.10. The molecule has 1 N–H and O–H groups in total. The molecule has 0 aliphatic carbocycles. The van der Waals surface area contributed by atoms with Crippen LogP contribution in [0.4, 0.5) is 5.13 Å². The molecule has 3 rings (SSSR count). The minimum Gasteiger partial charge on any atom is -0.490 e. The van der Waals surface area contributed by atoms with Gasteiger partial charge in [0.15, 0.2) is 23.2 Å². The van der Waals surface area contributed by atoms with Crippen molar-refractivity contribution in [2.75, 3.05) is 18.5 Å². The zero-order valence-electron chi connectivity index (χ0n) is 15.0. The van der Waals surface area contributed by atoms with Gasteiger partial charge in [-0.1, -0.05) is 40.2 Å². The van der Waals surface area contributed by atoms with E-state index >= 15 is 0 Å². The average molecular weight is 447 g/mol. The minimum absolute atomic E-state index is 0.115. The molecule has 0 radical (unpaired) electrons. The van der Waals surface area contributed by atoms with E-state index in [1.807, 2.05) is 56.3 Å². The summed E-state index contributed by atoms with van der Waals surface area (Å²) in [4.78, 5) is 17.8. The van der Waals surface area contributed by atoms with E-state index < -0.39 is 0 Å². The second-order valence-corrected chi connectivity index (χ2v) is 7.77. The predicted molar refractivity (Wildman–Crippen MR) is 112 cm³/mol. The van der Waals surface area contributed by atoms with Crippen molar-refractivity contribution in [1.82, 2.24) is 4.98 Å². The van der Waals surface area contributed by atoms with Crippen LogP contribution < -0.4 is 14.8 Å². The van der Waals surface area contributed by atoms with E-state index in [1.54, 1.807) is 6.07 Å². The molecule has 27 heavy (non-hydrogen) atoms. The fourth-order valence-corrected chi connectivity index (χ4v) is 3.58. The Balaban J connectivity index is 1.63. The van der Waals surface area contributed by atoms with Crippen molar-refractivity contribution < 1.29 is 14.3 Å². The number of carbonyl (C=O) groups excluding carboxylic acids is 1. The summed E-state index contributed by atoms with van der Waals surface area (Å²) in [6, 6.07) is 15.2. The van der Waals surface area contributed by atoms with Crippen molar-refractivity contribution in [3.8, 4) is 22.8 Å². The monoisotopic (exact) mass is 446 g/mol. The summed E-state index contributed by atoms with van der Waals surface area (Å²) < 4.78 is 12.1. The number of amides is 1. The maximum absolute atomic E-state index is 12.2. The van der Waals surface area contributed by atoms with Gasteiger partial charge in [0, 0.05) is 14.9 Å². The van der Waals surface area contributed by atoms with Crippen molar-refractivity contribution in [2.45, 2.75) is 13.8 Å². The number of hydrogen-bond acceptors (Lipinski definition) is 5. The maximum atomic E-state index is 12.2. The molecule has 0 saturated heterocycles. The third kappa shape index (κ3) is 5.08. The largest absolute Gasteiger partial charge is 0.490 e. The van der Waals surface area contributed by atoms with Crippen LogP contribution in [0.3, 0.4) is 0 Å². The molecule has 0 atom stereocenters. The van der Waals surface area contributed by atoms with Gasteiger partial charge >= 0.3 is 0 Å². The number of nitrogens with one attached hydrogen (secondary N) is 1. The van der Waals surface area contributed by atoms with Gasteiger partial charge in [0.2, 0.25) is 0 Å². The van der Waals surface area contributed by atoms with Gasteiger partial charge in [-0.2, -0.15) is 0 Å². The molecular weight excluding hydrogens is 428 g/mol. The van der Waals surface area contributed by atoms with Crippen LogP contribution >= 0.6 is 27.3 Å². The van der Waals surface area contributed by atoms with Crippen LogP contribution in [-0.4, -0.2) is 24.1 Å². The van der Waals surface area contributed by atoms with Gasteiger partial charge in [-0.25, -0.2) is 4.98 Å². The number of rotatable bonds is 7. The number of aromatic nitrogens is 1. The molecule has 3 aromatic rings. The lowest BCUT2D eigenvalue weighted by Gasteiger charge is -2.10. The summed E-state index contributed by atoms with van der Waals surface area (Å²) in [5, 5.41) is 3.35. The van der Waals surface area contributed by atoms with Crippen LogP contribution in [0.25, 0.3) is 11.3 Å². The van der Waals surface area contributed by atoms with Crippen LogP contribution in [0.5, 0.6) is 11.5 Å². The molecule has 0 fully saturated rings. The lowest BCUT2D eigenvalue weighted by molar-refractivity contribution is -0.118. The van der Waals surface area contributed by atoms with E-state index in [4.69, 9.17) is 9.47 Å². The molecule has 0 aliphatic heterocycles. The SMILES string of the molecule is CCOc1ccccc1OCC(=O)Nc1nc(-c2ccc(Br)cc2)c(C)s1. The third-order valence-corrected chi connectivity index (χ3v) is 5.08. The lowest BCUT2D eigenvalue weighted by Crippen LogP contribution is -2.20. The quantitative estimate of drug-likeness (QED) is 0.534. The van der Waals surface area contributed by atoms with E-state index in [-0.39, 0.29) is 12.5 Å². The molecular formula is C20H19BrN2O3S. The first-order valence-corrected chi connectivity index (χ1v) is 10.1. The number of aryl methyl sites for hydroxylation is 1. The Bertz CT molecular complexity index is 925. The van der Waals surface area contributed by atoms with E-state index in [0.29, 0.717) is 23.2 Å². The maximum Gasteiger partial charge on any atom is 0.264 e. The number of thiazole rings is 1. The number of ether oxygens (including phenoxy) is 2. The topological polar surface area (TPSA) is 60.5 Å². The molecule has 0 aliphatic rings. The van der Waals surface area contributed by atoms with Gasteiger partial charge in [0.05, 0.1) is 12.3 Å². The molecule has 0 unspecified atom stereocenters. The van der Waals surface area contributed by atoms with Crippen LogP contribution in [-0.2, 0) is 4.79 Å². The Hall–Kier alpha value is -2.38. The Kier molecular flexibility index (Phi) is 6.47. The van der Waals surface area contributed by atoms with E-state index in [0.717, 1.165) is 20.6 Å². The number of benzene rings is 2. The second kappa shape index (κ2) is 9.01. The van der Waals surface area contributed by atoms with Gasteiger partial charge in [0.25, 0.3) is 5.91 Å². The van der Waals surface area contributed by atoms with Crippen molar-refractivity contribution in [1.29, 1.82) is 0 Å². The molecule has 5 nitrogen and oxygen atoms in total. The van der Waals surface area contributed by atoms with E-state index in [9.17, 15) is 4.79 Å². The number of para-hydroxylation sites is 2. The molecule has 140 valence electrons. The second-order valence-electron chi connectivity index (χ2n) is 5.65.